The molecule has 1 fully saturated rings. The molecule has 1 saturated heterocycles. The van der Waals surface area contributed by atoms with Crippen LogP contribution in [0.3, 0.4) is 0 Å². The van der Waals surface area contributed by atoms with E-state index < -0.39 is 17.3 Å². The molecule has 1 aromatic carbocycles. The minimum atomic E-state index is -4.43. The van der Waals surface area contributed by atoms with Gasteiger partial charge in [0.1, 0.15) is 0 Å². The zero-order chi connectivity index (χ0) is 19.8. The molecule has 2 atom stereocenters. The maximum atomic E-state index is 13.3. The number of pyridine rings is 1. The fourth-order valence-electron chi connectivity index (χ4n) is 3.75. The Morgan fingerprint density at radius 1 is 1.22 bits per heavy atom. The van der Waals surface area contributed by atoms with Crippen molar-refractivity contribution < 1.29 is 18.3 Å². The van der Waals surface area contributed by atoms with E-state index in [4.69, 9.17) is 0 Å². The fraction of sp³-hybridized carbons (Fsp3) is 0.550. The molecule has 0 saturated carbocycles. The third-order valence-corrected chi connectivity index (χ3v) is 4.88. The van der Waals surface area contributed by atoms with E-state index in [0.717, 1.165) is 24.7 Å². The van der Waals surface area contributed by atoms with Crippen LogP contribution in [0.5, 0.6) is 0 Å². The third kappa shape index (κ3) is 4.71. The van der Waals surface area contributed by atoms with Crippen molar-refractivity contribution >= 4 is 16.6 Å². The molecule has 0 radical (unpaired) electrons. The van der Waals surface area contributed by atoms with Crippen molar-refractivity contribution in [1.29, 1.82) is 0 Å². The van der Waals surface area contributed by atoms with Crippen molar-refractivity contribution in [3.05, 3.63) is 36.0 Å². The maximum Gasteiger partial charge on any atom is 0.418 e. The smallest absolute Gasteiger partial charge is 0.389 e. The van der Waals surface area contributed by atoms with Crippen LogP contribution >= 0.6 is 0 Å². The zero-order valence-electron chi connectivity index (χ0n) is 15.8. The van der Waals surface area contributed by atoms with Crippen LogP contribution in [0.15, 0.2) is 30.5 Å². The first-order chi connectivity index (χ1) is 12.5. The topological polar surface area (TPSA) is 48.4 Å². The SMILES string of the molecule is C[C@@H]1C[C@H](NCC(C)(C)O)CN(c2ccc(C(F)(F)F)c3ncccc23)C1. The van der Waals surface area contributed by atoms with Gasteiger partial charge in [-0.1, -0.05) is 6.92 Å². The van der Waals surface area contributed by atoms with Gasteiger partial charge in [-0.25, -0.2) is 0 Å². The number of piperidine rings is 1. The van der Waals surface area contributed by atoms with E-state index in [2.05, 4.69) is 22.1 Å². The molecule has 0 spiro atoms. The van der Waals surface area contributed by atoms with Gasteiger partial charge in [-0.3, -0.25) is 4.98 Å². The summed E-state index contributed by atoms with van der Waals surface area (Å²) in [6.07, 6.45) is -2.08. The van der Waals surface area contributed by atoms with Crippen LogP contribution in [0, 0.1) is 5.92 Å². The highest BCUT2D eigenvalue weighted by Gasteiger charge is 2.34. The van der Waals surface area contributed by atoms with Crippen LogP contribution in [-0.2, 0) is 6.18 Å². The van der Waals surface area contributed by atoms with Gasteiger partial charge < -0.3 is 15.3 Å². The summed E-state index contributed by atoms with van der Waals surface area (Å²) in [5, 5.41) is 13.9. The van der Waals surface area contributed by atoms with E-state index in [-0.39, 0.29) is 11.6 Å². The minimum Gasteiger partial charge on any atom is -0.389 e. The lowest BCUT2D eigenvalue weighted by Crippen LogP contribution is -2.51. The van der Waals surface area contributed by atoms with Gasteiger partial charge in [0.2, 0.25) is 0 Å². The molecule has 2 aromatic rings. The molecule has 2 heterocycles. The lowest BCUT2D eigenvalue weighted by Gasteiger charge is -2.39. The van der Waals surface area contributed by atoms with Crippen LogP contribution in [0.1, 0.15) is 32.8 Å². The molecule has 1 aromatic heterocycles. The van der Waals surface area contributed by atoms with Crippen LogP contribution in [0.25, 0.3) is 10.9 Å². The largest absolute Gasteiger partial charge is 0.418 e. The van der Waals surface area contributed by atoms with E-state index in [1.807, 2.05) is 0 Å². The van der Waals surface area contributed by atoms with Gasteiger partial charge >= 0.3 is 6.18 Å². The molecular weight excluding hydrogens is 355 g/mol. The summed E-state index contributed by atoms with van der Waals surface area (Å²) in [4.78, 5) is 6.14. The fourth-order valence-corrected chi connectivity index (χ4v) is 3.75. The second kappa shape index (κ2) is 7.28. The van der Waals surface area contributed by atoms with Gasteiger partial charge in [-0.05, 0) is 50.5 Å². The molecule has 148 valence electrons. The number of benzene rings is 1. The van der Waals surface area contributed by atoms with E-state index in [9.17, 15) is 18.3 Å². The molecule has 0 amide bonds. The van der Waals surface area contributed by atoms with Gasteiger partial charge in [-0.2, -0.15) is 13.2 Å². The van der Waals surface area contributed by atoms with Crippen molar-refractivity contribution in [1.82, 2.24) is 10.3 Å². The van der Waals surface area contributed by atoms with Crippen LogP contribution in [-0.4, -0.2) is 41.4 Å². The monoisotopic (exact) mass is 381 g/mol. The predicted octanol–water partition coefficient (Wildman–Crippen LogP) is 3.83. The summed E-state index contributed by atoms with van der Waals surface area (Å²) in [5.41, 5.74) is -0.755. The van der Waals surface area contributed by atoms with Gasteiger partial charge in [0, 0.05) is 42.9 Å². The molecule has 27 heavy (non-hydrogen) atoms. The predicted molar refractivity (Wildman–Crippen MR) is 101 cm³/mol. The molecule has 4 nitrogen and oxygen atoms in total. The minimum absolute atomic E-state index is 0.0123. The number of rotatable bonds is 4. The Hall–Kier alpha value is -1.86. The molecule has 7 heteroatoms. The van der Waals surface area contributed by atoms with Gasteiger partial charge in [-0.15, -0.1) is 0 Å². The molecular formula is C20H26F3N3O. The number of anilines is 1. The van der Waals surface area contributed by atoms with E-state index >= 15 is 0 Å². The third-order valence-electron chi connectivity index (χ3n) is 4.88. The molecule has 3 rings (SSSR count). The molecule has 1 aliphatic rings. The van der Waals surface area contributed by atoms with Crippen molar-refractivity contribution in [2.45, 2.75) is 45.0 Å². The Balaban J connectivity index is 1.92. The van der Waals surface area contributed by atoms with Crippen molar-refractivity contribution in [3.8, 4) is 0 Å². The van der Waals surface area contributed by atoms with Crippen molar-refractivity contribution in [2.24, 2.45) is 5.92 Å². The van der Waals surface area contributed by atoms with Crippen molar-refractivity contribution in [3.63, 3.8) is 0 Å². The summed E-state index contributed by atoms with van der Waals surface area (Å²) in [6.45, 7) is 7.55. The summed E-state index contributed by atoms with van der Waals surface area (Å²) >= 11 is 0. The maximum absolute atomic E-state index is 13.3. The number of aromatic nitrogens is 1. The zero-order valence-corrected chi connectivity index (χ0v) is 15.8. The summed E-state index contributed by atoms with van der Waals surface area (Å²) < 4.78 is 40.0. The Kier molecular flexibility index (Phi) is 5.36. The van der Waals surface area contributed by atoms with E-state index in [0.29, 0.717) is 24.4 Å². The highest BCUT2D eigenvalue weighted by molar-refractivity contribution is 5.94. The highest BCUT2D eigenvalue weighted by atomic mass is 19.4. The number of halogens is 3. The second-order valence-electron chi connectivity index (χ2n) is 8.17. The Morgan fingerprint density at radius 3 is 2.63 bits per heavy atom. The number of nitrogens with one attached hydrogen (secondary N) is 1. The molecule has 2 N–H and O–H groups in total. The second-order valence-corrected chi connectivity index (χ2v) is 8.17. The number of hydrogen-bond donors (Lipinski definition) is 2. The van der Waals surface area contributed by atoms with Gasteiger partial charge in [0.25, 0.3) is 0 Å². The molecule has 0 bridgehead atoms. The number of hydrogen-bond acceptors (Lipinski definition) is 4. The average Bonchev–Trinajstić information content (AvgIpc) is 2.57. The Bertz CT molecular complexity index is 801. The molecule has 0 unspecified atom stereocenters. The van der Waals surface area contributed by atoms with Crippen LogP contribution < -0.4 is 10.2 Å². The van der Waals surface area contributed by atoms with Crippen LogP contribution in [0.4, 0.5) is 18.9 Å². The Labute approximate surface area is 157 Å². The standard InChI is InChI=1S/C20H26F3N3O/c1-13-9-14(25-12-19(2,3)27)11-26(10-13)17-7-6-16(20(21,22)23)18-15(17)5-4-8-24-18/h4-8,13-14,25,27H,9-12H2,1-3H3/t13-,14+/m1/s1. The average molecular weight is 381 g/mol. The quantitative estimate of drug-likeness (QED) is 0.845. The molecule has 1 aliphatic heterocycles. The summed E-state index contributed by atoms with van der Waals surface area (Å²) in [7, 11) is 0. The van der Waals surface area contributed by atoms with Gasteiger partial charge in [0.05, 0.1) is 16.7 Å². The van der Waals surface area contributed by atoms with Crippen molar-refractivity contribution in [2.75, 3.05) is 24.5 Å². The lowest BCUT2D eigenvalue weighted by molar-refractivity contribution is -0.136. The summed E-state index contributed by atoms with van der Waals surface area (Å²) in [6, 6.07) is 6.21. The van der Waals surface area contributed by atoms with Gasteiger partial charge in [0.15, 0.2) is 0 Å². The number of fused-ring (bicyclic) bond motifs is 1. The first-order valence-corrected chi connectivity index (χ1v) is 9.20. The first-order valence-electron chi connectivity index (χ1n) is 9.20. The first kappa shape index (κ1) is 19.9. The highest BCUT2D eigenvalue weighted by Crippen LogP contribution is 2.38. The summed E-state index contributed by atoms with van der Waals surface area (Å²) in [5.74, 6) is 0.382. The van der Waals surface area contributed by atoms with Crippen LogP contribution in [0.2, 0.25) is 0 Å². The number of nitrogens with zero attached hydrogens (tertiary/aromatic N) is 2. The van der Waals surface area contributed by atoms with E-state index in [1.165, 1.54) is 6.20 Å². The Morgan fingerprint density at radius 2 is 1.96 bits per heavy atom. The lowest BCUT2D eigenvalue weighted by atomic mass is 9.94. The van der Waals surface area contributed by atoms with E-state index in [1.54, 1.807) is 32.0 Å². The number of alkyl halides is 3. The number of aliphatic hydroxyl groups is 1. The normalized spacial score (nSPS) is 21.7. The molecule has 0 aliphatic carbocycles.